The predicted octanol–water partition coefficient (Wildman–Crippen LogP) is -0.924. The molecule has 0 unspecified atom stereocenters. The van der Waals surface area contributed by atoms with E-state index in [1.165, 1.54) is 0 Å². The van der Waals surface area contributed by atoms with E-state index in [-0.39, 0.29) is 0 Å². The Bertz CT molecular complexity index is 22.0. The third kappa shape index (κ3) is 1.82. The van der Waals surface area contributed by atoms with Crippen LogP contribution in [0, 0.1) is 4.91 Å². The van der Waals surface area contributed by atoms with Gasteiger partial charge >= 0.3 is 0 Å². The van der Waals surface area contributed by atoms with E-state index in [0.717, 1.165) is 10.2 Å². The van der Waals surface area contributed by atoms with E-state index >= 15 is 0 Å². The Morgan fingerprint density at radius 1 is 2.00 bits per heavy atom. The number of hydrogen-bond acceptors (Lipinski definition) is 2. The largest absolute Gasteiger partial charge is 0.151 e. The van der Waals surface area contributed by atoms with Gasteiger partial charge < -0.3 is 0 Å². The molecule has 0 aliphatic heterocycles. The van der Waals surface area contributed by atoms with Crippen molar-refractivity contribution in [2.75, 3.05) is 6.17 Å². The quantitative estimate of drug-likeness (QED) is 0.292. The molecule has 4 heavy (non-hydrogen) atoms. The molecule has 0 aromatic rings. The number of nitrogens with zero attached hydrogens (tertiary/aromatic N) is 1. The Hall–Kier alpha value is -0.183. The SMILES string of the molecule is O=NC[SiH3]. The second-order valence-electron chi connectivity index (χ2n) is 0.445. The van der Waals surface area contributed by atoms with Crippen LogP contribution >= 0.6 is 0 Å². The molecule has 0 aromatic heterocycles. The molecule has 0 aromatic carbocycles. The summed E-state index contributed by atoms with van der Waals surface area (Å²) in [5.74, 6) is 0. The second-order valence-corrected chi connectivity index (χ2v) is 1.08. The fourth-order valence-electron chi connectivity index (χ4n) is 0. The molecule has 2 nitrogen and oxygen atoms in total. The van der Waals surface area contributed by atoms with Crippen molar-refractivity contribution in [3.8, 4) is 0 Å². The van der Waals surface area contributed by atoms with E-state index in [0.29, 0.717) is 6.17 Å². The zero-order valence-corrected chi connectivity index (χ0v) is 4.56. The summed E-state index contributed by atoms with van der Waals surface area (Å²) >= 11 is 0. The lowest BCUT2D eigenvalue weighted by molar-refractivity contribution is 1.34. The minimum absolute atomic E-state index is 0.528. The highest BCUT2D eigenvalue weighted by atomic mass is 28.1. The fourth-order valence-corrected chi connectivity index (χ4v) is 0. The van der Waals surface area contributed by atoms with Gasteiger partial charge in [-0.15, -0.1) is 0 Å². The molecule has 0 fully saturated rings. The van der Waals surface area contributed by atoms with Crippen LogP contribution in [-0.2, 0) is 0 Å². The van der Waals surface area contributed by atoms with Gasteiger partial charge in [-0.1, -0.05) is 5.18 Å². The van der Waals surface area contributed by atoms with Crippen molar-refractivity contribution in [3.05, 3.63) is 4.91 Å². The van der Waals surface area contributed by atoms with Crippen LogP contribution in [0.2, 0.25) is 0 Å². The van der Waals surface area contributed by atoms with Crippen LogP contribution in [0.5, 0.6) is 0 Å². The van der Waals surface area contributed by atoms with Crippen molar-refractivity contribution >= 4 is 10.2 Å². The lowest BCUT2D eigenvalue weighted by Gasteiger charge is -1.51. The lowest BCUT2D eigenvalue weighted by atomic mass is 11.5. The van der Waals surface area contributed by atoms with Gasteiger partial charge in [0.05, 0.1) is 6.17 Å². The maximum atomic E-state index is 8.96. The Kier molecular flexibility index (Phi) is 2.69. The monoisotopic (exact) mass is 75.0 g/mol. The molecule has 0 radical (unpaired) electrons. The standard InChI is InChI=1S/CH5NOSi/c3-2-1-4/h1H2,4H3. The van der Waals surface area contributed by atoms with Crippen molar-refractivity contribution < 1.29 is 0 Å². The molecule has 0 saturated heterocycles. The maximum absolute atomic E-state index is 8.96. The average molecular weight is 75.1 g/mol. The van der Waals surface area contributed by atoms with Gasteiger partial charge in [-0.3, -0.25) is 0 Å². The van der Waals surface area contributed by atoms with Crippen LogP contribution in [0.25, 0.3) is 0 Å². The van der Waals surface area contributed by atoms with Gasteiger partial charge in [0, 0.05) is 10.2 Å². The molecular weight excluding hydrogens is 70.1 g/mol. The zero-order chi connectivity index (χ0) is 3.41. The molecule has 0 saturated carbocycles. The van der Waals surface area contributed by atoms with E-state index in [1.807, 2.05) is 0 Å². The first kappa shape index (κ1) is 3.82. The molecule has 24 valence electrons. The topological polar surface area (TPSA) is 29.4 Å². The Morgan fingerprint density at radius 2 is 2.25 bits per heavy atom. The van der Waals surface area contributed by atoms with Crippen LogP contribution in [0.3, 0.4) is 0 Å². The molecule has 0 aliphatic rings. The van der Waals surface area contributed by atoms with Gasteiger partial charge in [0.15, 0.2) is 0 Å². The molecular formula is CH5NOSi. The molecule has 3 heteroatoms. The highest BCUT2D eigenvalue weighted by Gasteiger charge is 1.52. The normalized spacial score (nSPS) is 7.00. The summed E-state index contributed by atoms with van der Waals surface area (Å²) in [5, 5.41) is 2.55. The van der Waals surface area contributed by atoms with Crippen LogP contribution < -0.4 is 0 Å². The summed E-state index contributed by atoms with van der Waals surface area (Å²) in [5.41, 5.74) is 0. The summed E-state index contributed by atoms with van der Waals surface area (Å²) < 4.78 is 0. The molecule has 0 N–H and O–H groups in total. The third-order valence-corrected chi connectivity index (χ3v) is 0.387. The predicted molar refractivity (Wildman–Crippen MR) is 20.6 cm³/mol. The minimum atomic E-state index is 0.528. The minimum Gasteiger partial charge on any atom is -0.151 e. The summed E-state index contributed by atoms with van der Waals surface area (Å²) in [4.78, 5) is 8.96. The number of hydrogen-bond donors (Lipinski definition) is 0. The van der Waals surface area contributed by atoms with Crippen LogP contribution in [0.15, 0.2) is 5.18 Å². The van der Waals surface area contributed by atoms with Crippen molar-refractivity contribution in [1.82, 2.24) is 0 Å². The number of nitroso groups, excluding NO2 is 1. The van der Waals surface area contributed by atoms with Crippen LogP contribution in [-0.4, -0.2) is 16.4 Å². The Morgan fingerprint density at radius 3 is 2.25 bits per heavy atom. The van der Waals surface area contributed by atoms with Gasteiger partial charge in [0.2, 0.25) is 0 Å². The molecule has 0 spiro atoms. The summed E-state index contributed by atoms with van der Waals surface area (Å²) in [6.45, 7) is 0. The third-order valence-electron chi connectivity index (χ3n) is 0.129. The fraction of sp³-hybridized carbons (Fsp3) is 1.00. The Balaban J connectivity index is 2.30. The second kappa shape index (κ2) is 2.82. The maximum Gasteiger partial charge on any atom is 0.0626 e. The average Bonchev–Trinajstić information content (AvgIpc) is 1.37. The van der Waals surface area contributed by atoms with Gasteiger partial charge in [0.1, 0.15) is 0 Å². The van der Waals surface area contributed by atoms with E-state index in [2.05, 4.69) is 5.18 Å². The summed E-state index contributed by atoms with van der Waals surface area (Å²) in [6.07, 6.45) is 0.528. The highest BCUT2D eigenvalue weighted by Crippen LogP contribution is 1.45. The van der Waals surface area contributed by atoms with Crippen molar-refractivity contribution in [3.63, 3.8) is 0 Å². The van der Waals surface area contributed by atoms with E-state index in [1.54, 1.807) is 0 Å². The molecule has 0 aliphatic carbocycles. The summed E-state index contributed by atoms with van der Waals surface area (Å²) in [7, 11) is 0.910. The lowest BCUT2D eigenvalue weighted by Crippen LogP contribution is -1.65. The molecule has 0 atom stereocenters. The van der Waals surface area contributed by atoms with E-state index in [4.69, 9.17) is 4.91 Å². The molecule has 0 bridgehead atoms. The zero-order valence-electron chi connectivity index (χ0n) is 2.56. The first-order valence-corrected chi connectivity index (χ1v) is 2.62. The first-order chi connectivity index (χ1) is 1.91. The van der Waals surface area contributed by atoms with Gasteiger partial charge in [-0.05, 0) is 0 Å². The number of rotatable bonds is 1. The van der Waals surface area contributed by atoms with Gasteiger partial charge in [-0.25, -0.2) is 0 Å². The van der Waals surface area contributed by atoms with Crippen LogP contribution in [0.1, 0.15) is 0 Å². The van der Waals surface area contributed by atoms with Crippen LogP contribution in [0.4, 0.5) is 0 Å². The molecule has 0 amide bonds. The van der Waals surface area contributed by atoms with E-state index in [9.17, 15) is 0 Å². The summed E-state index contributed by atoms with van der Waals surface area (Å²) in [6, 6.07) is 0. The highest BCUT2D eigenvalue weighted by molar-refractivity contribution is 6.08. The smallest absolute Gasteiger partial charge is 0.0626 e. The van der Waals surface area contributed by atoms with Gasteiger partial charge in [-0.2, -0.15) is 4.91 Å². The van der Waals surface area contributed by atoms with Crippen molar-refractivity contribution in [2.24, 2.45) is 5.18 Å². The molecule has 0 heterocycles. The van der Waals surface area contributed by atoms with Gasteiger partial charge in [0.25, 0.3) is 0 Å². The Labute approximate surface area is 27.6 Å². The van der Waals surface area contributed by atoms with Crippen molar-refractivity contribution in [2.45, 2.75) is 0 Å². The molecule has 0 rings (SSSR count). The first-order valence-electron chi connectivity index (χ1n) is 1.21. The van der Waals surface area contributed by atoms with Crippen molar-refractivity contribution in [1.29, 1.82) is 0 Å². The van der Waals surface area contributed by atoms with E-state index < -0.39 is 0 Å².